The maximum absolute atomic E-state index is 13.3. The summed E-state index contributed by atoms with van der Waals surface area (Å²) in [4.78, 5) is 37.8. The Morgan fingerprint density at radius 2 is 1.90 bits per heavy atom. The molecule has 0 aliphatic rings. The van der Waals surface area contributed by atoms with Gasteiger partial charge in [0, 0.05) is 24.9 Å². The number of halogens is 1. The molecule has 0 saturated carbocycles. The molecule has 1 heterocycles. The molecule has 4 N–H and O–H groups in total. The van der Waals surface area contributed by atoms with E-state index in [0.29, 0.717) is 17.7 Å². The molecule has 2 unspecified atom stereocenters. The Morgan fingerprint density at radius 3 is 2.48 bits per heavy atom. The Bertz CT molecular complexity index is 906. The number of carboxylic acid groups (broad SMARTS) is 2. The van der Waals surface area contributed by atoms with Crippen LogP contribution in [-0.4, -0.2) is 43.8 Å². The molecule has 0 spiro atoms. The van der Waals surface area contributed by atoms with Crippen LogP contribution in [0.4, 0.5) is 4.39 Å². The third-order valence-corrected chi connectivity index (χ3v) is 4.59. The largest absolute Gasteiger partial charge is 0.480 e. The van der Waals surface area contributed by atoms with Crippen molar-refractivity contribution >= 4 is 11.9 Å². The Kier molecular flexibility index (Phi) is 7.72. The molecule has 0 saturated heterocycles. The van der Waals surface area contributed by atoms with Crippen molar-refractivity contribution in [1.29, 1.82) is 0 Å². The monoisotopic (exact) mass is 407 g/mol. The summed E-state index contributed by atoms with van der Waals surface area (Å²) in [5.74, 6) is -2.63. The number of nitrogens with one attached hydrogen (secondary N) is 2. The van der Waals surface area contributed by atoms with Crippen molar-refractivity contribution < 1.29 is 24.2 Å². The lowest BCUT2D eigenvalue weighted by Gasteiger charge is -2.22. The summed E-state index contributed by atoms with van der Waals surface area (Å²) in [6.07, 6.45) is 2.01. The van der Waals surface area contributed by atoms with E-state index in [4.69, 9.17) is 0 Å². The zero-order valence-electron chi connectivity index (χ0n) is 16.4. The number of aromatic amines is 1. The molecule has 0 amide bonds. The van der Waals surface area contributed by atoms with Crippen molar-refractivity contribution in [3.8, 4) is 0 Å². The number of aliphatic carboxylic acids is 2. The minimum atomic E-state index is -1.20. The standard InChI is InChI=1S/C20H26FN3O5/c1-12(2)8-16(18(25)26)23-17(19(27)28)10-15-11-22-20(29)24(15)7-6-13-4-3-5-14(21)9-13/h3-5,9,11-12,16-17,23H,6-8,10H2,1-2H3,(H,22,29)(H,25,26)(H,27,28). The van der Waals surface area contributed by atoms with Gasteiger partial charge >= 0.3 is 17.6 Å². The van der Waals surface area contributed by atoms with Crippen molar-refractivity contribution in [3.05, 3.63) is 58.0 Å². The minimum absolute atomic E-state index is 0.0646. The Labute approximate surface area is 167 Å². The van der Waals surface area contributed by atoms with E-state index in [2.05, 4.69) is 10.3 Å². The molecule has 2 aromatic rings. The van der Waals surface area contributed by atoms with Gasteiger partial charge in [0.05, 0.1) is 0 Å². The van der Waals surface area contributed by atoms with Crippen LogP contribution in [0.3, 0.4) is 0 Å². The predicted octanol–water partition coefficient (Wildman–Crippen LogP) is 1.64. The van der Waals surface area contributed by atoms with Crippen molar-refractivity contribution in [1.82, 2.24) is 14.9 Å². The van der Waals surface area contributed by atoms with Crippen molar-refractivity contribution in [2.24, 2.45) is 5.92 Å². The molecule has 1 aromatic carbocycles. The third-order valence-electron chi connectivity index (χ3n) is 4.59. The van der Waals surface area contributed by atoms with E-state index >= 15 is 0 Å². The lowest BCUT2D eigenvalue weighted by atomic mass is 10.0. The molecule has 1 aromatic heterocycles. The number of carboxylic acids is 2. The van der Waals surface area contributed by atoms with Crippen LogP contribution in [-0.2, 0) is 29.0 Å². The number of aryl methyl sites for hydroxylation is 1. The van der Waals surface area contributed by atoms with Gasteiger partial charge < -0.3 is 15.2 Å². The Morgan fingerprint density at radius 1 is 1.21 bits per heavy atom. The number of rotatable bonds is 11. The highest BCUT2D eigenvalue weighted by Gasteiger charge is 2.28. The van der Waals surface area contributed by atoms with Crippen LogP contribution in [0.5, 0.6) is 0 Å². The summed E-state index contributed by atoms with van der Waals surface area (Å²) in [6.45, 7) is 3.94. The number of hydrogen-bond donors (Lipinski definition) is 4. The van der Waals surface area contributed by atoms with Gasteiger partial charge in [0.2, 0.25) is 0 Å². The van der Waals surface area contributed by atoms with Gasteiger partial charge in [-0.3, -0.25) is 19.5 Å². The van der Waals surface area contributed by atoms with Crippen LogP contribution < -0.4 is 11.0 Å². The Hall–Kier alpha value is -2.94. The molecule has 29 heavy (non-hydrogen) atoms. The molecule has 0 bridgehead atoms. The third kappa shape index (κ3) is 6.56. The summed E-state index contributed by atoms with van der Waals surface area (Å²) in [6, 6.07) is 3.84. The Balaban J connectivity index is 2.15. The second-order valence-corrected chi connectivity index (χ2v) is 7.40. The quantitative estimate of drug-likeness (QED) is 0.449. The smallest absolute Gasteiger partial charge is 0.325 e. The minimum Gasteiger partial charge on any atom is -0.480 e. The number of hydrogen-bond acceptors (Lipinski definition) is 4. The molecular weight excluding hydrogens is 381 g/mol. The normalized spacial score (nSPS) is 13.4. The maximum atomic E-state index is 13.3. The lowest BCUT2D eigenvalue weighted by Crippen LogP contribution is -2.49. The number of carbonyl (C=O) groups is 2. The van der Waals surface area contributed by atoms with Gasteiger partial charge in [-0.1, -0.05) is 26.0 Å². The highest BCUT2D eigenvalue weighted by Crippen LogP contribution is 2.10. The number of H-pyrrole nitrogens is 1. The van der Waals surface area contributed by atoms with Gasteiger partial charge in [0.25, 0.3) is 0 Å². The predicted molar refractivity (Wildman–Crippen MR) is 104 cm³/mol. The number of nitrogens with zero attached hydrogens (tertiary/aromatic N) is 1. The van der Waals surface area contributed by atoms with Gasteiger partial charge in [-0.2, -0.15) is 0 Å². The molecule has 2 atom stereocenters. The van der Waals surface area contributed by atoms with Crippen LogP contribution in [0.2, 0.25) is 0 Å². The van der Waals surface area contributed by atoms with E-state index in [0.717, 1.165) is 0 Å². The summed E-state index contributed by atoms with van der Waals surface area (Å²) >= 11 is 0. The van der Waals surface area contributed by atoms with Crippen molar-refractivity contribution in [3.63, 3.8) is 0 Å². The molecule has 158 valence electrons. The maximum Gasteiger partial charge on any atom is 0.325 e. The fourth-order valence-corrected chi connectivity index (χ4v) is 3.16. The van der Waals surface area contributed by atoms with Gasteiger partial charge in [-0.05, 0) is 36.5 Å². The van der Waals surface area contributed by atoms with Gasteiger partial charge in [-0.25, -0.2) is 9.18 Å². The zero-order valence-corrected chi connectivity index (χ0v) is 16.4. The molecular formula is C20H26FN3O5. The lowest BCUT2D eigenvalue weighted by molar-refractivity contribution is -0.142. The van der Waals surface area contributed by atoms with E-state index in [1.165, 1.54) is 22.9 Å². The van der Waals surface area contributed by atoms with Crippen LogP contribution in [0, 0.1) is 11.7 Å². The van der Waals surface area contributed by atoms with E-state index in [1.54, 1.807) is 12.1 Å². The molecule has 2 rings (SSSR count). The summed E-state index contributed by atoms with van der Waals surface area (Å²) in [5, 5.41) is 21.6. The summed E-state index contributed by atoms with van der Waals surface area (Å²) < 4.78 is 14.7. The van der Waals surface area contributed by atoms with Gasteiger partial charge in [-0.15, -0.1) is 0 Å². The molecule has 9 heteroatoms. The summed E-state index contributed by atoms with van der Waals surface area (Å²) in [7, 11) is 0. The number of aromatic nitrogens is 2. The highest BCUT2D eigenvalue weighted by atomic mass is 19.1. The van der Waals surface area contributed by atoms with E-state index in [-0.39, 0.29) is 31.1 Å². The molecule has 8 nitrogen and oxygen atoms in total. The first-order valence-corrected chi connectivity index (χ1v) is 9.40. The SMILES string of the molecule is CC(C)CC(NC(Cc1c[nH]c(=O)n1CCc1cccc(F)c1)C(=O)O)C(=O)O. The van der Waals surface area contributed by atoms with Crippen LogP contribution >= 0.6 is 0 Å². The van der Waals surface area contributed by atoms with E-state index in [9.17, 15) is 29.0 Å². The first kappa shape index (κ1) is 22.4. The first-order chi connectivity index (χ1) is 13.7. The molecule has 0 aliphatic carbocycles. The zero-order chi connectivity index (χ0) is 21.6. The van der Waals surface area contributed by atoms with Gasteiger partial charge in [0.15, 0.2) is 0 Å². The van der Waals surface area contributed by atoms with Crippen molar-refractivity contribution in [2.75, 3.05) is 0 Å². The fourth-order valence-electron chi connectivity index (χ4n) is 3.16. The van der Waals surface area contributed by atoms with Crippen LogP contribution in [0.25, 0.3) is 0 Å². The molecule has 0 radical (unpaired) electrons. The number of benzene rings is 1. The average Bonchev–Trinajstić information content (AvgIpc) is 2.97. The highest BCUT2D eigenvalue weighted by molar-refractivity contribution is 5.77. The topological polar surface area (TPSA) is 124 Å². The van der Waals surface area contributed by atoms with Crippen molar-refractivity contribution in [2.45, 2.75) is 51.7 Å². The van der Waals surface area contributed by atoms with Gasteiger partial charge in [0.1, 0.15) is 17.9 Å². The molecule has 0 aliphatic heterocycles. The number of imidazole rings is 1. The fraction of sp³-hybridized carbons (Fsp3) is 0.450. The first-order valence-electron chi connectivity index (χ1n) is 9.40. The summed E-state index contributed by atoms with van der Waals surface area (Å²) in [5.41, 5.74) is 0.734. The average molecular weight is 407 g/mol. The van der Waals surface area contributed by atoms with E-state index < -0.39 is 29.7 Å². The van der Waals surface area contributed by atoms with Crippen LogP contribution in [0.1, 0.15) is 31.5 Å². The second-order valence-electron chi connectivity index (χ2n) is 7.40. The molecule has 0 fully saturated rings. The van der Waals surface area contributed by atoms with E-state index in [1.807, 2.05) is 13.8 Å². The van der Waals surface area contributed by atoms with Crippen LogP contribution in [0.15, 0.2) is 35.3 Å². The second kappa shape index (κ2) is 10.0.